The van der Waals surface area contributed by atoms with E-state index in [0.29, 0.717) is 6.42 Å². The van der Waals surface area contributed by atoms with Crippen molar-refractivity contribution >= 4 is 18.0 Å². The second kappa shape index (κ2) is 8.77. The number of carbonyl (C=O) groups excluding carboxylic acids is 2. The van der Waals surface area contributed by atoms with Gasteiger partial charge in [0, 0.05) is 12.5 Å². The van der Waals surface area contributed by atoms with Crippen LogP contribution >= 0.6 is 0 Å². The molecule has 2 amide bonds. The van der Waals surface area contributed by atoms with Crippen molar-refractivity contribution < 1.29 is 29.0 Å². The van der Waals surface area contributed by atoms with Gasteiger partial charge >= 0.3 is 12.1 Å². The van der Waals surface area contributed by atoms with Crippen molar-refractivity contribution in [2.24, 2.45) is 0 Å². The van der Waals surface area contributed by atoms with E-state index in [1.807, 2.05) is 36.4 Å². The summed E-state index contributed by atoms with van der Waals surface area (Å²) in [6.07, 6.45) is -1.16. The molecular weight excluding hydrogens is 400 g/mol. The summed E-state index contributed by atoms with van der Waals surface area (Å²) in [5.74, 6) is -1.78. The van der Waals surface area contributed by atoms with E-state index in [-0.39, 0.29) is 19.1 Å². The smallest absolute Gasteiger partial charge is 0.407 e. The Morgan fingerprint density at radius 3 is 2.32 bits per heavy atom. The van der Waals surface area contributed by atoms with Gasteiger partial charge in [0.25, 0.3) is 5.91 Å². The summed E-state index contributed by atoms with van der Waals surface area (Å²) in [7, 11) is 0. The Labute approximate surface area is 179 Å². The SMILES string of the molecule is C[C@@H](NC(=O)[C@@H]1OCC[C@@H]1NC(=O)OCC1c2ccccc2-c2ccccc21)C(=O)O. The van der Waals surface area contributed by atoms with Gasteiger partial charge in [-0.15, -0.1) is 0 Å². The van der Waals surface area contributed by atoms with Crippen molar-refractivity contribution in [1.82, 2.24) is 10.6 Å². The van der Waals surface area contributed by atoms with Gasteiger partial charge in [-0.25, -0.2) is 4.79 Å². The van der Waals surface area contributed by atoms with Crippen molar-refractivity contribution in [3.63, 3.8) is 0 Å². The number of hydrogen-bond acceptors (Lipinski definition) is 5. The van der Waals surface area contributed by atoms with Crippen LogP contribution in [0.3, 0.4) is 0 Å². The fourth-order valence-corrected chi connectivity index (χ4v) is 4.14. The van der Waals surface area contributed by atoms with Gasteiger partial charge in [-0.1, -0.05) is 48.5 Å². The Bertz CT molecular complexity index is 962. The van der Waals surface area contributed by atoms with Crippen LogP contribution in [0.4, 0.5) is 4.79 Å². The maximum atomic E-state index is 12.5. The number of alkyl carbamates (subject to hydrolysis) is 1. The van der Waals surface area contributed by atoms with Crippen LogP contribution in [0, 0.1) is 0 Å². The first kappa shape index (κ1) is 20.9. The van der Waals surface area contributed by atoms with E-state index < -0.39 is 36.2 Å². The number of carboxylic acids is 1. The molecule has 31 heavy (non-hydrogen) atoms. The number of aliphatic carboxylic acids is 1. The lowest BCUT2D eigenvalue weighted by molar-refractivity contribution is -0.143. The monoisotopic (exact) mass is 424 g/mol. The van der Waals surface area contributed by atoms with Gasteiger partial charge in [0.1, 0.15) is 12.6 Å². The molecule has 3 N–H and O–H groups in total. The van der Waals surface area contributed by atoms with E-state index in [1.54, 1.807) is 0 Å². The number of amides is 2. The van der Waals surface area contributed by atoms with Gasteiger partial charge in [-0.3, -0.25) is 9.59 Å². The van der Waals surface area contributed by atoms with E-state index in [2.05, 4.69) is 22.8 Å². The van der Waals surface area contributed by atoms with Gasteiger partial charge in [-0.05, 0) is 35.6 Å². The van der Waals surface area contributed by atoms with Crippen molar-refractivity contribution in [2.75, 3.05) is 13.2 Å². The lowest BCUT2D eigenvalue weighted by Crippen LogP contribution is -2.51. The van der Waals surface area contributed by atoms with Crippen molar-refractivity contribution in [2.45, 2.75) is 37.5 Å². The molecule has 4 rings (SSSR count). The molecule has 0 saturated carbocycles. The lowest BCUT2D eigenvalue weighted by Gasteiger charge is -2.21. The molecule has 1 saturated heterocycles. The molecular formula is C23H24N2O6. The highest BCUT2D eigenvalue weighted by molar-refractivity contribution is 5.87. The first-order valence-corrected chi connectivity index (χ1v) is 10.2. The standard InChI is InChI=1S/C23H24N2O6/c1-13(22(27)28)24-21(26)20-19(10-11-30-20)25-23(29)31-12-18-16-8-4-2-6-14(16)15-7-3-5-9-17(15)18/h2-9,13,18-20H,10-12H2,1H3,(H,24,26)(H,25,29)(H,27,28)/t13-,19+,20-/m1/s1. The summed E-state index contributed by atoms with van der Waals surface area (Å²) in [6.45, 7) is 1.82. The normalized spacial score (nSPS) is 20.4. The van der Waals surface area contributed by atoms with Gasteiger partial charge in [-0.2, -0.15) is 0 Å². The minimum atomic E-state index is -1.15. The Morgan fingerprint density at radius 2 is 1.71 bits per heavy atom. The number of fused-ring (bicyclic) bond motifs is 3. The predicted octanol–water partition coefficient (Wildman–Crippen LogP) is 2.27. The second-order valence-electron chi connectivity index (χ2n) is 7.72. The van der Waals surface area contributed by atoms with Crippen LogP contribution in [0.1, 0.15) is 30.4 Å². The summed E-state index contributed by atoms with van der Waals surface area (Å²) >= 11 is 0. The van der Waals surface area contributed by atoms with E-state index in [9.17, 15) is 14.4 Å². The molecule has 1 aliphatic heterocycles. The molecule has 3 atom stereocenters. The van der Waals surface area contributed by atoms with Crippen LogP contribution in [-0.2, 0) is 19.1 Å². The number of carboxylic acid groups (broad SMARTS) is 1. The summed E-state index contributed by atoms with van der Waals surface area (Å²) in [6, 6.07) is 14.5. The lowest BCUT2D eigenvalue weighted by atomic mass is 9.98. The number of ether oxygens (including phenoxy) is 2. The molecule has 162 valence electrons. The number of benzene rings is 2. The molecule has 0 spiro atoms. The Kier molecular flexibility index (Phi) is 5.90. The zero-order valence-electron chi connectivity index (χ0n) is 17.0. The summed E-state index contributed by atoms with van der Waals surface area (Å²) < 4.78 is 10.9. The first-order chi connectivity index (χ1) is 15.0. The molecule has 1 aliphatic carbocycles. The van der Waals surface area contributed by atoms with Crippen LogP contribution < -0.4 is 10.6 Å². The fourth-order valence-electron chi connectivity index (χ4n) is 4.14. The fraction of sp³-hybridized carbons (Fsp3) is 0.348. The molecule has 0 aromatic heterocycles. The molecule has 8 nitrogen and oxygen atoms in total. The third-order valence-corrected chi connectivity index (χ3v) is 5.73. The van der Waals surface area contributed by atoms with Crippen LogP contribution in [0.2, 0.25) is 0 Å². The molecule has 1 fully saturated rings. The summed E-state index contributed by atoms with van der Waals surface area (Å²) in [5, 5.41) is 14.0. The minimum absolute atomic E-state index is 0.0616. The molecule has 0 unspecified atom stereocenters. The van der Waals surface area contributed by atoms with Crippen molar-refractivity contribution in [3.05, 3.63) is 59.7 Å². The highest BCUT2D eigenvalue weighted by Crippen LogP contribution is 2.44. The molecule has 2 aromatic carbocycles. The van der Waals surface area contributed by atoms with Gasteiger partial charge in [0.05, 0.1) is 6.04 Å². The Balaban J connectivity index is 1.37. The van der Waals surface area contributed by atoms with Crippen molar-refractivity contribution in [3.8, 4) is 11.1 Å². The molecule has 1 heterocycles. The van der Waals surface area contributed by atoms with Crippen LogP contribution in [0.15, 0.2) is 48.5 Å². The second-order valence-corrected chi connectivity index (χ2v) is 7.72. The van der Waals surface area contributed by atoms with Crippen LogP contribution in [0.25, 0.3) is 11.1 Å². The number of nitrogens with one attached hydrogen (secondary N) is 2. The average Bonchev–Trinajstić information content (AvgIpc) is 3.34. The van der Waals surface area contributed by atoms with E-state index in [4.69, 9.17) is 14.6 Å². The number of hydrogen-bond donors (Lipinski definition) is 3. The topological polar surface area (TPSA) is 114 Å². The highest BCUT2D eigenvalue weighted by Gasteiger charge is 2.37. The summed E-state index contributed by atoms with van der Waals surface area (Å²) in [4.78, 5) is 35.7. The molecule has 0 bridgehead atoms. The third kappa shape index (κ3) is 4.25. The number of rotatable bonds is 6. The molecule has 2 aliphatic rings. The third-order valence-electron chi connectivity index (χ3n) is 5.73. The zero-order chi connectivity index (χ0) is 22.0. The average molecular weight is 424 g/mol. The largest absolute Gasteiger partial charge is 0.480 e. The maximum absolute atomic E-state index is 12.5. The quantitative estimate of drug-likeness (QED) is 0.656. The summed E-state index contributed by atoms with van der Waals surface area (Å²) in [5.41, 5.74) is 4.50. The van der Waals surface area contributed by atoms with Gasteiger partial charge in [0.15, 0.2) is 6.10 Å². The minimum Gasteiger partial charge on any atom is -0.480 e. The van der Waals surface area contributed by atoms with Gasteiger partial charge < -0.3 is 25.2 Å². The van der Waals surface area contributed by atoms with E-state index in [0.717, 1.165) is 22.3 Å². The van der Waals surface area contributed by atoms with Crippen molar-refractivity contribution in [1.29, 1.82) is 0 Å². The van der Waals surface area contributed by atoms with E-state index >= 15 is 0 Å². The maximum Gasteiger partial charge on any atom is 0.407 e. The molecule has 0 radical (unpaired) electrons. The molecule has 2 aromatic rings. The first-order valence-electron chi connectivity index (χ1n) is 10.2. The molecule has 8 heteroatoms. The zero-order valence-corrected chi connectivity index (χ0v) is 17.0. The predicted molar refractivity (Wildman–Crippen MR) is 112 cm³/mol. The Morgan fingerprint density at radius 1 is 1.10 bits per heavy atom. The Hall–Kier alpha value is -3.39. The number of carbonyl (C=O) groups is 3. The van der Waals surface area contributed by atoms with Crippen LogP contribution in [-0.4, -0.2) is 54.5 Å². The van der Waals surface area contributed by atoms with Crippen LogP contribution in [0.5, 0.6) is 0 Å². The van der Waals surface area contributed by atoms with Gasteiger partial charge in [0.2, 0.25) is 0 Å². The van der Waals surface area contributed by atoms with E-state index in [1.165, 1.54) is 6.92 Å². The highest BCUT2D eigenvalue weighted by atomic mass is 16.6.